The molecule has 0 aliphatic rings. The monoisotopic (exact) mass is 415 g/mol. The van der Waals surface area contributed by atoms with Crippen molar-refractivity contribution >= 4 is 39.9 Å². The molecule has 3 rings (SSSR count). The zero-order valence-electron chi connectivity index (χ0n) is 15.6. The Bertz CT molecular complexity index is 1010. The average molecular weight is 416 g/mol. The van der Waals surface area contributed by atoms with Crippen LogP contribution < -0.4 is 5.32 Å². The number of carbonyl (C=O) groups excluding carboxylic acids is 2. The van der Waals surface area contributed by atoms with Crippen molar-refractivity contribution in [3.05, 3.63) is 63.2 Å². The Balaban J connectivity index is 1.59. The molecule has 0 atom stereocenters. The summed E-state index contributed by atoms with van der Waals surface area (Å²) in [6.45, 7) is 5.08. The molecule has 0 unspecified atom stereocenters. The first-order valence-electron chi connectivity index (χ1n) is 8.47. The number of halogens is 1. The Morgan fingerprint density at radius 1 is 1.14 bits per heavy atom. The normalized spacial score (nSPS) is 10.6. The van der Waals surface area contributed by atoms with Gasteiger partial charge in [0.2, 0.25) is 0 Å². The summed E-state index contributed by atoms with van der Waals surface area (Å²) < 4.78 is 5.07. The fraction of sp³-hybridized carbons (Fsp3) is 0.200. The topological polar surface area (TPSA) is 81.2 Å². The molecule has 0 aliphatic carbocycles. The SMILES string of the molecule is Cc1ccc(-c2csc(NC(=O)COC(=O)c3c(C)cc(C)nc3Cl)n2)cc1. The number of aryl methyl sites for hydroxylation is 3. The number of amides is 1. The average Bonchev–Trinajstić information content (AvgIpc) is 3.08. The highest BCUT2D eigenvalue weighted by molar-refractivity contribution is 7.14. The van der Waals surface area contributed by atoms with Crippen LogP contribution in [0.1, 0.15) is 27.2 Å². The lowest BCUT2D eigenvalue weighted by molar-refractivity contribution is -0.119. The second-order valence-electron chi connectivity index (χ2n) is 6.27. The predicted molar refractivity (Wildman–Crippen MR) is 110 cm³/mol. The smallest absolute Gasteiger partial charge is 0.342 e. The standard InChI is InChI=1S/C20H18ClN3O3S/c1-11-4-6-14(7-5-11)15-10-28-20(23-15)24-16(25)9-27-19(26)17-12(2)8-13(3)22-18(17)21/h4-8,10H,9H2,1-3H3,(H,23,24,25). The predicted octanol–water partition coefficient (Wildman–Crippen LogP) is 4.58. The number of nitrogens with zero attached hydrogens (tertiary/aromatic N) is 2. The van der Waals surface area contributed by atoms with E-state index < -0.39 is 18.5 Å². The minimum Gasteiger partial charge on any atom is -0.452 e. The van der Waals surface area contributed by atoms with Crippen LogP contribution >= 0.6 is 22.9 Å². The van der Waals surface area contributed by atoms with Crippen LogP contribution in [-0.2, 0) is 9.53 Å². The van der Waals surface area contributed by atoms with Crippen LogP contribution in [0.4, 0.5) is 5.13 Å². The number of anilines is 1. The van der Waals surface area contributed by atoms with E-state index in [1.807, 2.05) is 36.6 Å². The van der Waals surface area contributed by atoms with Crippen LogP contribution in [-0.4, -0.2) is 28.5 Å². The Morgan fingerprint density at radius 3 is 2.54 bits per heavy atom. The maximum atomic E-state index is 12.2. The maximum absolute atomic E-state index is 12.2. The molecule has 0 saturated heterocycles. The Kier molecular flexibility index (Phi) is 6.06. The van der Waals surface area contributed by atoms with Gasteiger partial charge in [0.1, 0.15) is 5.15 Å². The maximum Gasteiger partial charge on any atom is 0.342 e. The summed E-state index contributed by atoms with van der Waals surface area (Å²) in [6, 6.07) is 9.67. The summed E-state index contributed by atoms with van der Waals surface area (Å²) in [7, 11) is 0. The minimum absolute atomic E-state index is 0.0607. The Hall–Kier alpha value is -2.77. The number of hydrogen-bond acceptors (Lipinski definition) is 6. The van der Waals surface area contributed by atoms with Crippen molar-refractivity contribution in [1.29, 1.82) is 0 Å². The molecule has 8 heteroatoms. The highest BCUT2D eigenvalue weighted by atomic mass is 35.5. The first-order chi connectivity index (χ1) is 13.3. The van der Waals surface area contributed by atoms with Crippen molar-refractivity contribution in [3.63, 3.8) is 0 Å². The molecule has 0 bridgehead atoms. The van der Waals surface area contributed by atoms with Crippen LogP contribution in [0.25, 0.3) is 11.3 Å². The molecule has 1 N–H and O–H groups in total. The summed E-state index contributed by atoms with van der Waals surface area (Å²) in [5, 5.41) is 4.98. The zero-order chi connectivity index (χ0) is 20.3. The molecule has 2 aromatic heterocycles. The van der Waals surface area contributed by atoms with Gasteiger partial charge < -0.3 is 4.74 Å². The van der Waals surface area contributed by atoms with Gasteiger partial charge >= 0.3 is 5.97 Å². The van der Waals surface area contributed by atoms with E-state index in [0.29, 0.717) is 16.4 Å². The number of carbonyl (C=O) groups is 2. The first kappa shape index (κ1) is 20.0. The van der Waals surface area contributed by atoms with Gasteiger partial charge in [-0.1, -0.05) is 41.4 Å². The lowest BCUT2D eigenvalue weighted by Crippen LogP contribution is -2.21. The van der Waals surface area contributed by atoms with E-state index in [1.165, 1.54) is 11.3 Å². The van der Waals surface area contributed by atoms with E-state index in [0.717, 1.165) is 16.8 Å². The van der Waals surface area contributed by atoms with Crippen LogP contribution in [0.3, 0.4) is 0 Å². The summed E-state index contributed by atoms with van der Waals surface area (Å²) in [6.07, 6.45) is 0. The van der Waals surface area contributed by atoms with Gasteiger partial charge in [0.15, 0.2) is 11.7 Å². The van der Waals surface area contributed by atoms with Crippen molar-refractivity contribution in [2.45, 2.75) is 20.8 Å². The highest BCUT2D eigenvalue weighted by Gasteiger charge is 2.18. The van der Waals surface area contributed by atoms with Gasteiger partial charge in [-0.25, -0.2) is 14.8 Å². The van der Waals surface area contributed by atoms with Gasteiger partial charge in [-0.15, -0.1) is 11.3 Å². The molecular formula is C20H18ClN3O3S. The number of pyridine rings is 1. The fourth-order valence-electron chi connectivity index (χ4n) is 2.58. The van der Waals surface area contributed by atoms with Gasteiger partial charge in [-0.3, -0.25) is 10.1 Å². The minimum atomic E-state index is -0.690. The Labute approximate surface area is 171 Å². The lowest BCUT2D eigenvalue weighted by atomic mass is 10.1. The number of ether oxygens (including phenoxy) is 1. The summed E-state index contributed by atoms with van der Waals surface area (Å²) >= 11 is 7.32. The molecule has 0 spiro atoms. The number of thiazole rings is 1. The molecule has 0 saturated carbocycles. The third-order valence-corrected chi connectivity index (χ3v) is 4.97. The summed E-state index contributed by atoms with van der Waals surface area (Å²) in [5.41, 5.74) is 4.40. The van der Waals surface area contributed by atoms with Gasteiger partial charge in [-0.05, 0) is 32.4 Å². The molecule has 0 fully saturated rings. The van der Waals surface area contributed by atoms with Crippen molar-refractivity contribution < 1.29 is 14.3 Å². The van der Waals surface area contributed by atoms with Crippen LogP contribution in [0.15, 0.2) is 35.7 Å². The Morgan fingerprint density at radius 2 is 1.86 bits per heavy atom. The molecule has 0 radical (unpaired) electrons. The van der Waals surface area contributed by atoms with E-state index in [1.54, 1.807) is 19.9 Å². The molecule has 28 heavy (non-hydrogen) atoms. The molecule has 2 heterocycles. The molecule has 6 nitrogen and oxygen atoms in total. The number of rotatable bonds is 5. The van der Waals surface area contributed by atoms with E-state index in [9.17, 15) is 9.59 Å². The third kappa shape index (κ3) is 4.74. The number of esters is 1. The zero-order valence-corrected chi connectivity index (χ0v) is 17.1. The van der Waals surface area contributed by atoms with Crippen molar-refractivity contribution in [2.75, 3.05) is 11.9 Å². The van der Waals surface area contributed by atoms with Gasteiger partial charge in [-0.2, -0.15) is 0 Å². The molecule has 3 aromatic rings. The molecule has 0 aliphatic heterocycles. The number of nitrogens with one attached hydrogen (secondary N) is 1. The van der Waals surface area contributed by atoms with Crippen LogP contribution in [0.2, 0.25) is 5.15 Å². The highest BCUT2D eigenvalue weighted by Crippen LogP contribution is 2.25. The molecule has 144 valence electrons. The van der Waals surface area contributed by atoms with Crippen molar-refractivity contribution in [2.24, 2.45) is 0 Å². The van der Waals surface area contributed by atoms with E-state index >= 15 is 0 Å². The van der Waals surface area contributed by atoms with Crippen LogP contribution in [0, 0.1) is 20.8 Å². The fourth-order valence-corrected chi connectivity index (χ4v) is 3.68. The number of hydrogen-bond donors (Lipinski definition) is 1. The van der Waals surface area contributed by atoms with E-state index in [-0.39, 0.29) is 10.7 Å². The third-order valence-electron chi connectivity index (χ3n) is 3.94. The molecule has 1 aromatic carbocycles. The second-order valence-corrected chi connectivity index (χ2v) is 7.49. The van der Waals surface area contributed by atoms with Gasteiger partial charge in [0.25, 0.3) is 5.91 Å². The summed E-state index contributed by atoms with van der Waals surface area (Å²) in [4.78, 5) is 32.8. The molecule has 1 amide bonds. The van der Waals surface area contributed by atoms with Crippen LogP contribution in [0.5, 0.6) is 0 Å². The quantitative estimate of drug-likeness (QED) is 0.487. The van der Waals surface area contributed by atoms with E-state index in [4.69, 9.17) is 16.3 Å². The number of benzene rings is 1. The summed E-state index contributed by atoms with van der Waals surface area (Å²) in [5.74, 6) is -1.17. The first-order valence-corrected chi connectivity index (χ1v) is 9.72. The number of aromatic nitrogens is 2. The van der Waals surface area contributed by atoms with Gasteiger partial charge in [0.05, 0.1) is 11.3 Å². The van der Waals surface area contributed by atoms with Gasteiger partial charge in [0, 0.05) is 16.6 Å². The lowest BCUT2D eigenvalue weighted by Gasteiger charge is -2.09. The van der Waals surface area contributed by atoms with E-state index in [2.05, 4.69) is 15.3 Å². The van der Waals surface area contributed by atoms with Crippen molar-refractivity contribution in [1.82, 2.24) is 9.97 Å². The second kappa shape index (κ2) is 8.50. The van der Waals surface area contributed by atoms with Crippen molar-refractivity contribution in [3.8, 4) is 11.3 Å². The molecular weight excluding hydrogens is 398 g/mol. The largest absolute Gasteiger partial charge is 0.452 e.